The molecule has 0 bridgehead atoms. The van der Waals surface area contributed by atoms with E-state index in [1.54, 1.807) is 0 Å². The van der Waals surface area contributed by atoms with Gasteiger partial charge in [-0.05, 0) is 37.3 Å². The fourth-order valence-electron chi connectivity index (χ4n) is 3.46. The van der Waals surface area contributed by atoms with Crippen LogP contribution in [-0.2, 0) is 38.8 Å². The lowest BCUT2D eigenvalue weighted by atomic mass is 9.92. The molecule has 3 rings (SSSR count). The number of Topliss-reactive ketones (excluding diaryl/α,β-unsaturated/α-hetero) is 1. The van der Waals surface area contributed by atoms with Gasteiger partial charge in [-0.2, -0.15) is 4.72 Å². The Bertz CT molecular complexity index is 1380. The summed E-state index contributed by atoms with van der Waals surface area (Å²) in [5, 5.41) is -2.05. The summed E-state index contributed by atoms with van der Waals surface area (Å²) in [6.45, 7) is 1.34. The third-order valence-corrected chi connectivity index (χ3v) is 11.0. The van der Waals surface area contributed by atoms with Gasteiger partial charge in [0, 0.05) is 30.4 Å². The first-order valence-electron chi connectivity index (χ1n) is 9.48. The largest absolute Gasteiger partial charge is 0.359 e. The van der Waals surface area contributed by atoms with E-state index in [1.807, 2.05) is 0 Å². The molecule has 178 valence electrons. The molecule has 0 aromatic heterocycles. The molecule has 0 fully saturated rings. The first kappa shape index (κ1) is 25.8. The Kier molecular flexibility index (Phi) is 7.08. The first-order valence-corrected chi connectivity index (χ1v) is 14.5. The van der Waals surface area contributed by atoms with Crippen LogP contribution in [0.5, 0.6) is 0 Å². The van der Waals surface area contributed by atoms with Crippen molar-refractivity contribution in [3.8, 4) is 0 Å². The molecule has 1 atom stereocenters. The number of rotatable bonds is 8. The Balaban J connectivity index is 2.46. The summed E-state index contributed by atoms with van der Waals surface area (Å²) >= 11 is 5.85. The quantitative estimate of drug-likeness (QED) is 0.510. The minimum absolute atomic E-state index is 0.0610. The summed E-state index contributed by atoms with van der Waals surface area (Å²) < 4.78 is 78.7. The van der Waals surface area contributed by atoms with E-state index in [0.717, 1.165) is 20.3 Å². The average molecular weight is 534 g/mol. The number of allylic oxidation sites excluding steroid dienone is 1. The van der Waals surface area contributed by atoms with Crippen LogP contribution >= 0.6 is 19.2 Å². The predicted molar refractivity (Wildman–Crippen MR) is 123 cm³/mol. The second kappa shape index (κ2) is 9.07. The molecule has 0 saturated heterocycles. The smallest absolute Gasteiger partial charge is 0.310 e. The molecule has 1 unspecified atom stereocenters. The van der Waals surface area contributed by atoms with Crippen molar-refractivity contribution in [2.24, 2.45) is 0 Å². The van der Waals surface area contributed by atoms with Crippen molar-refractivity contribution >= 4 is 44.8 Å². The Morgan fingerprint density at radius 3 is 2.12 bits per heavy atom. The van der Waals surface area contributed by atoms with Crippen LogP contribution in [0, 0.1) is 0 Å². The van der Waals surface area contributed by atoms with Gasteiger partial charge in [0.1, 0.15) is 4.91 Å². The molecule has 0 amide bonds. The molecule has 2 aromatic carbocycles. The van der Waals surface area contributed by atoms with Crippen LogP contribution in [0.25, 0.3) is 0 Å². The van der Waals surface area contributed by atoms with Crippen molar-refractivity contribution in [3.63, 3.8) is 0 Å². The number of sulfonamides is 1. The van der Waals surface area contributed by atoms with E-state index < -0.39 is 49.2 Å². The zero-order chi connectivity index (χ0) is 24.7. The number of carbonyl (C=O) groups excluding carboxylic acids is 1. The van der Waals surface area contributed by atoms with E-state index in [0.29, 0.717) is 0 Å². The number of benzene rings is 2. The number of halogens is 1. The highest BCUT2D eigenvalue weighted by Crippen LogP contribution is 2.65. The van der Waals surface area contributed by atoms with Crippen molar-refractivity contribution in [1.82, 2.24) is 4.72 Å². The molecular weight excluding hydrogens is 513 g/mol. The minimum atomic E-state index is -4.49. The standard InChI is InChI=1S/C20H21ClNO8PS2/c1-4-32(25,26)22-20(31(24,29-2)30-3)13-18(19(23)16-7-5-6-8-17(16)20)33(27,28)15-11-9-14(21)10-12-15/h5-13,22H,4H2,1-3H3. The van der Waals surface area contributed by atoms with Crippen molar-refractivity contribution in [2.75, 3.05) is 20.0 Å². The fourth-order valence-corrected chi connectivity index (χ4v) is 8.26. The van der Waals surface area contributed by atoms with Gasteiger partial charge in [-0.3, -0.25) is 9.36 Å². The van der Waals surface area contributed by atoms with Gasteiger partial charge in [-0.1, -0.05) is 35.9 Å². The molecule has 33 heavy (non-hydrogen) atoms. The molecule has 13 heteroatoms. The Morgan fingerprint density at radius 2 is 1.58 bits per heavy atom. The molecule has 0 heterocycles. The van der Waals surface area contributed by atoms with Gasteiger partial charge >= 0.3 is 7.60 Å². The van der Waals surface area contributed by atoms with Gasteiger partial charge in [0.2, 0.25) is 25.6 Å². The van der Waals surface area contributed by atoms with Crippen molar-refractivity contribution in [2.45, 2.75) is 17.1 Å². The summed E-state index contributed by atoms with van der Waals surface area (Å²) in [5.74, 6) is -1.32. The number of fused-ring (bicyclic) bond motifs is 1. The van der Waals surface area contributed by atoms with E-state index >= 15 is 0 Å². The van der Waals surface area contributed by atoms with E-state index in [9.17, 15) is 26.2 Å². The molecule has 1 aliphatic carbocycles. The maximum Gasteiger partial charge on any atom is 0.359 e. The van der Waals surface area contributed by atoms with Crippen molar-refractivity contribution < 1.29 is 35.2 Å². The molecule has 9 nitrogen and oxygen atoms in total. The molecule has 0 saturated carbocycles. The Hall–Kier alpha value is -1.85. The van der Waals surface area contributed by atoms with Crippen LogP contribution < -0.4 is 4.72 Å². The lowest BCUT2D eigenvalue weighted by Crippen LogP contribution is -2.48. The lowest BCUT2D eigenvalue weighted by molar-refractivity contribution is 0.103. The highest BCUT2D eigenvalue weighted by Gasteiger charge is 2.57. The maximum absolute atomic E-state index is 13.8. The van der Waals surface area contributed by atoms with Gasteiger partial charge < -0.3 is 9.05 Å². The van der Waals surface area contributed by atoms with Crippen molar-refractivity contribution in [1.29, 1.82) is 0 Å². The molecule has 1 N–H and O–H groups in total. The summed E-state index contributed by atoms with van der Waals surface area (Å²) in [7, 11) is -11.0. The molecule has 1 aliphatic rings. The van der Waals surface area contributed by atoms with Crippen LogP contribution in [0.15, 0.2) is 64.4 Å². The van der Waals surface area contributed by atoms with Gasteiger partial charge in [0.05, 0.1) is 10.6 Å². The van der Waals surface area contributed by atoms with Crippen molar-refractivity contribution in [3.05, 3.63) is 75.7 Å². The van der Waals surface area contributed by atoms with Crippen LogP contribution in [0.2, 0.25) is 5.02 Å². The number of carbonyl (C=O) groups is 1. The molecular formula is C20H21ClNO8PS2. The zero-order valence-electron chi connectivity index (χ0n) is 17.8. The highest BCUT2D eigenvalue weighted by atomic mass is 35.5. The Labute approximate surface area is 197 Å². The third-order valence-electron chi connectivity index (χ3n) is 5.16. The molecule has 0 spiro atoms. The van der Waals surface area contributed by atoms with Gasteiger partial charge in [-0.15, -0.1) is 0 Å². The van der Waals surface area contributed by atoms with E-state index in [4.69, 9.17) is 20.6 Å². The monoisotopic (exact) mass is 533 g/mol. The average Bonchev–Trinajstić information content (AvgIpc) is 2.80. The van der Waals surface area contributed by atoms with Crippen LogP contribution in [0.3, 0.4) is 0 Å². The molecule has 0 radical (unpaired) electrons. The summed E-state index contributed by atoms with van der Waals surface area (Å²) in [5.41, 5.74) is -0.227. The Morgan fingerprint density at radius 1 is 1.00 bits per heavy atom. The fraction of sp³-hybridized carbons (Fsp3) is 0.250. The maximum atomic E-state index is 13.8. The van der Waals surface area contributed by atoms with Crippen LogP contribution in [0.1, 0.15) is 22.8 Å². The normalized spacial score (nSPS) is 19.2. The van der Waals surface area contributed by atoms with E-state index in [-0.39, 0.29) is 21.0 Å². The van der Waals surface area contributed by atoms with E-state index in [2.05, 4.69) is 4.72 Å². The SMILES string of the molecule is CCS(=O)(=O)NC1(P(=O)(OC)OC)C=C(S(=O)(=O)c2ccc(Cl)cc2)C(=O)c2ccccc21. The number of hydrogen-bond donors (Lipinski definition) is 1. The minimum Gasteiger partial charge on any atom is -0.310 e. The lowest BCUT2D eigenvalue weighted by Gasteiger charge is -2.39. The number of nitrogens with one attached hydrogen (secondary N) is 1. The molecule has 2 aromatic rings. The van der Waals surface area contributed by atoms with Crippen LogP contribution in [-0.4, -0.2) is 42.6 Å². The summed E-state index contributed by atoms with van der Waals surface area (Å²) in [6.07, 6.45) is 0.808. The highest BCUT2D eigenvalue weighted by molar-refractivity contribution is 7.96. The second-order valence-corrected chi connectivity index (χ2v) is 13.8. The third kappa shape index (κ3) is 4.35. The first-order chi connectivity index (χ1) is 15.4. The second-order valence-electron chi connectivity index (χ2n) is 6.98. The summed E-state index contributed by atoms with van der Waals surface area (Å²) in [6, 6.07) is 10.7. The number of hydrogen-bond acceptors (Lipinski definition) is 8. The van der Waals surface area contributed by atoms with E-state index in [1.165, 1.54) is 55.5 Å². The number of ketones is 1. The zero-order valence-corrected chi connectivity index (χ0v) is 21.1. The topological polar surface area (TPSA) is 133 Å². The summed E-state index contributed by atoms with van der Waals surface area (Å²) in [4.78, 5) is 12.3. The van der Waals surface area contributed by atoms with Gasteiger partial charge in [-0.25, -0.2) is 16.8 Å². The predicted octanol–water partition coefficient (Wildman–Crippen LogP) is 3.47. The number of sulfone groups is 1. The molecule has 0 aliphatic heterocycles. The van der Waals surface area contributed by atoms with Gasteiger partial charge in [0.25, 0.3) is 0 Å². The van der Waals surface area contributed by atoms with Gasteiger partial charge in [0.15, 0.2) is 5.28 Å². The van der Waals surface area contributed by atoms with Crippen LogP contribution in [0.4, 0.5) is 0 Å².